The van der Waals surface area contributed by atoms with Crippen LogP contribution in [0.25, 0.3) is 0 Å². The smallest absolute Gasteiger partial charge is 0.269 e. The lowest BCUT2D eigenvalue weighted by Crippen LogP contribution is -2.48. The molecule has 7 nitrogen and oxygen atoms in total. The standard InChI is InChI=1S/C21H26N4O3/c1-3-22(4-2)18-7-5-17(6-8-18)21(26)24-15-13-23(14-16-24)19-9-11-20(12-10-19)25(27)28/h5-12H,3-4,13-16H2,1-2H3. The summed E-state index contributed by atoms with van der Waals surface area (Å²) in [7, 11) is 0. The van der Waals surface area contributed by atoms with Crippen LogP contribution in [0.15, 0.2) is 48.5 Å². The van der Waals surface area contributed by atoms with Gasteiger partial charge >= 0.3 is 0 Å². The number of rotatable bonds is 6. The highest BCUT2D eigenvalue weighted by Gasteiger charge is 2.22. The van der Waals surface area contributed by atoms with Crippen molar-refractivity contribution in [3.05, 3.63) is 64.2 Å². The van der Waals surface area contributed by atoms with E-state index in [0.29, 0.717) is 31.7 Å². The molecular formula is C21H26N4O3. The van der Waals surface area contributed by atoms with Gasteiger partial charge in [-0.25, -0.2) is 0 Å². The molecule has 0 bridgehead atoms. The molecule has 0 spiro atoms. The van der Waals surface area contributed by atoms with Crippen molar-refractivity contribution in [1.29, 1.82) is 0 Å². The molecule has 0 atom stereocenters. The molecule has 2 aromatic carbocycles. The van der Waals surface area contributed by atoms with Gasteiger partial charge in [-0.3, -0.25) is 14.9 Å². The number of piperazine rings is 1. The van der Waals surface area contributed by atoms with Crippen LogP contribution in [0.5, 0.6) is 0 Å². The molecule has 1 heterocycles. The maximum Gasteiger partial charge on any atom is 0.269 e. The van der Waals surface area contributed by atoms with E-state index in [9.17, 15) is 14.9 Å². The number of hydrogen-bond acceptors (Lipinski definition) is 5. The summed E-state index contributed by atoms with van der Waals surface area (Å²) in [6, 6.07) is 14.4. The number of hydrogen-bond donors (Lipinski definition) is 0. The van der Waals surface area contributed by atoms with Crippen LogP contribution in [-0.4, -0.2) is 55.0 Å². The molecule has 1 aliphatic heterocycles. The fourth-order valence-corrected chi connectivity index (χ4v) is 3.54. The fraction of sp³-hybridized carbons (Fsp3) is 0.381. The van der Waals surface area contributed by atoms with Gasteiger partial charge in [0.15, 0.2) is 0 Å². The van der Waals surface area contributed by atoms with Crippen molar-refractivity contribution < 1.29 is 9.72 Å². The van der Waals surface area contributed by atoms with Crippen molar-refractivity contribution >= 4 is 23.0 Å². The van der Waals surface area contributed by atoms with Crippen LogP contribution < -0.4 is 9.80 Å². The van der Waals surface area contributed by atoms with E-state index in [1.54, 1.807) is 12.1 Å². The highest BCUT2D eigenvalue weighted by molar-refractivity contribution is 5.94. The first-order valence-corrected chi connectivity index (χ1v) is 9.67. The van der Waals surface area contributed by atoms with Gasteiger partial charge in [0.1, 0.15) is 0 Å². The first-order chi connectivity index (χ1) is 13.5. The fourth-order valence-electron chi connectivity index (χ4n) is 3.54. The Morgan fingerprint density at radius 1 is 0.964 bits per heavy atom. The summed E-state index contributed by atoms with van der Waals surface area (Å²) in [6.07, 6.45) is 0. The summed E-state index contributed by atoms with van der Waals surface area (Å²) < 4.78 is 0. The van der Waals surface area contributed by atoms with Gasteiger partial charge < -0.3 is 14.7 Å². The van der Waals surface area contributed by atoms with Crippen molar-refractivity contribution in [1.82, 2.24) is 4.90 Å². The molecule has 28 heavy (non-hydrogen) atoms. The summed E-state index contributed by atoms with van der Waals surface area (Å²) in [4.78, 5) is 29.4. The Balaban J connectivity index is 1.59. The van der Waals surface area contributed by atoms with Gasteiger partial charge in [-0.15, -0.1) is 0 Å². The molecule has 0 radical (unpaired) electrons. The average Bonchev–Trinajstić information content (AvgIpc) is 2.75. The summed E-state index contributed by atoms with van der Waals surface area (Å²) in [5.74, 6) is 0.0504. The number of nitrogens with zero attached hydrogens (tertiary/aromatic N) is 4. The first kappa shape index (κ1) is 19.7. The van der Waals surface area contributed by atoms with Crippen LogP contribution >= 0.6 is 0 Å². The quantitative estimate of drug-likeness (QED) is 0.566. The van der Waals surface area contributed by atoms with E-state index in [1.807, 2.05) is 29.2 Å². The normalized spacial score (nSPS) is 14.1. The highest BCUT2D eigenvalue weighted by atomic mass is 16.6. The molecule has 0 aromatic heterocycles. The molecule has 1 fully saturated rings. The van der Waals surface area contributed by atoms with Gasteiger partial charge in [0.25, 0.3) is 11.6 Å². The minimum absolute atomic E-state index is 0.0504. The van der Waals surface area contributed by atoms with E-state index >= 15 is 0 Å². The van der Waals surface area contributed by atoms with E-state index in [2.05, 4.69) is 23.6 Å². The number of anilines is 2. The second-order valence-electron chi connectivity index (χ2n) is 6.77. The minimum atomic E-state index is -0.397. The number of benzene rings is 2. The van der Waals surface area contributed by atoms with Gasteiger partial charge in [0, 0.05) is 68.3 Å². The van der Waals surface area contributed by atoms with Crippen LogP contribution in [0.3, 0.4) is 0 Å². The highest BCUT2D eigenvalue weighted by Crippen LogP contribution is 2.22. The van der Waals surface area contributed by atoms with Crippen LogP contribution in [0.2, 0.25) is 0 Å². The van der Waals surface area contributed by atoms with Crippen molar-refractivity contribution in [3.8, 4) is 0 Å². The second-order valence-corrected chi connectivity index (χ2v) is 6.77. The molecule has 0 N–H and O–H groups in total. The average molecular weight is 382 g/mol. The lowest BCUT2D eigenvalue weighted by molar-refractivity contribution is -0.384. The molecule has 0 unspecified atom stereocenters. The van der Waals surface area contributed by atoms with Gasteiger partial charge in [-0.2, -0.15) is 0 Å². The molecule has 148 valence electrons. The van der Waals surface area contributed by atoms with Crippen LogP contribution in [0.1, 0.15) is 24.2 Å². The maximum absolute atomic E-state index is 12.8. The van der Waals surface area contributed by atoms with E-state index in [1.165, 1.54) is 12.1 Å². The Kier molecular flexibility index (Phi) is 6.13. The number of nitro benzene ring substituents is 1. The molecule has 0 saturated carbocycles. The molecule has 7 heteroatoms. The second kappa shape index (κ2) is 8.73. The molecule has 1 amide bonds. The Hall–Kier alpha value is -3.09. The molecule has 1 aliphatic rings. The van der Waals surface area contributed by atoms with Crippen molar-refractivity contribution in [3.63, 3.8) is 0 Å². The Morgan fingerprint density at radius 2 is 1.54 bits per heavy atom. The zero-order valence-corrected chi connectivity index (χ0v) is 16.4. The number of carbonyl (C=O) groups is 1. The summed E-state index contributed by atoms with van der Waals surface area (Å²) in [6.45, 7) is 8.80. The summed E-state index contributed by atoms with van der Waals surface area (Å²) in [5, 5.41) is 10.8. The third-order valence-electron chi connectivity index (χ3n) is 5.24. The van der Waals surface area contributed by atoms with Gasteiger partial charge in [-0.05, 0) is 50.2 Å². The van der Waals surface area contributed by atoms with E-state index in [-0.39, 0.29) is 11.6 Å². The van der Waals surface area contributed by atoms with E-state index < -0.39 is 4.92 Å². The zero-order valence-electron chi connectivity index (χ0n) is 16.4. The van der Waals surface area contributed by atoms with Crippen molar-refractivity contribution in [2.24, 2.45) is 0 Å². The number of amides is 1. The number of non-ortho nitro benzene ring substituents is 1. The first-order valence-electron chi connectivity index (χ1n) is 9.67. The Morgan fingerprint density at radius 3 is 2.04 bits per heavy atom. The molecule has 3 rings (SSSR count). The maximum atomic E-state index is 12.8. The minimum Gasteiger partial charge on any atom is -0.372 e. The van der Waals surface area contributed by atoms with Crippen LogP contribution in [0, 0.1) is 10.1 Å². The van der Waals surface area contributed by atoms with E-state index in [4.69, 9.17) is 0 Å². The predicted octanol–water partition coefficient (Wildman–Crippen LogP) is 3.40. The summed E-state index contributed by atoms with van der Waals surface area (Å²) >= 11 is 0. The molecule has 0 aliphatic carbocycles. The van der Waals surface area contributed by atoms with Crippen molar-refractivity contribution in [2.75, 3.05) is 49.1 Å². The van der Waals surface area contributed by atoms with Crippen molar-refractivity contribution in [2.45, 2.75) is 13.8 Å². The zero-order chi connectivity index (χ0) is 20.1. The van der Waals surface area contributed by atoms with E-state index in [0.717, 1.165) is 24.5 Å². The van der Waals surface area contributed by atoms with Crippen LogP contribution in [0.4, 0.5) is 17.1 Å². The lowest BCUT2D eigenvalue weighted by Gasteiger charge is -2.36. The Bertz CT molecular complexity index is 809. The number of nitro groups is 1. The molecule has 2 aromatic rings. The Labute approximate surface area is 165 Å². The SMILES string of the molecule is CCN(CC)c1ccc(C(=O)N2CCN(c3ccc([N+](=O)[O-])cc3)CC2)cc1. The van der Waals surface area contributed by atoms with Crippen LogP contribution in [-0.2, 0) is 0 Å². The summed E-state index contributed by atoms with van der Waals surface area (Å²) in [5.41, 5.74) is 2.87. The lowest BCUT2D eigenvalue weighted by atomic mass is 10.1. The van der Waals surface area contributed by atoms with Gasteiger partial charge in [0.2, 0.25) is 0 Å². The predicted molar refractivity (Wildman–Crippen MR) is 111 cm³/mol. The molecular weight excluding hydrogens is 356 g/mol. The third-order valence-corrected chi connectivity index (χ3v) is 5.24. The van der Waals surface area contributed by atoms with Gasteiger partial charge in [0.05, 0.1) is 4.92 Å². The third kappa shape index (κ3) is 4.24. The topological polar surface area (TPSA) is 69.9 Å². The largest absolute Gasteiger partial charge is 0.372 e. The number of carbonyl (C=O) groups excluding carboxylic acids is 1. The monoisotopic (exact) mass is 382 g/mol. The van der Waals surface area contributed by atoms with Gasteiger partial charge in [-0.1, -0.05) is 0 Å². The molecule has 1 saturated heterocycles.